The van der Waals surface area contributed by atoms with Gasteiger partial charge < -0.3 is 10.2 Å². The van der Waals surface area contributed by atoms with Crippen LogP contribution in [0.2, 0.25) is 0 Å². The molecular formula is C23H27N3O2. The van der Waals surface area contributed by atoms with Gasteiger partial charge in [-0.1, -0.05) is 42.5 Å². The van der Waals surface area contributed by atoms with Crippen molar-refractivity contribution in [2.45, 2.75) is 32.2 Å². The third-order valence-corrected chi connectivity index (χ3v) is 5.27. The number of carbonyl (C=O) groups excluding carboxylic acids is 2. The second-order valence-electron chi connectivity index (χ2n) is 7.31. The van der Waals surface area contributed by atoms with Crippen LogP contribution in [0.4, 0.5) is 0 Å². The van der Waals surface area contributed by atoms with Crippen LogP contribution in [0.3, 0.4) is 0 Å². The Hall–Kier alpha value is -2.95. The van der Waals surface area contributed by atoms with Crippen LogP contribution in [-0.4, -0.2) is 34.8 Å². The van der Waals surface area contributed by atoms with Crippen LogP contribution >= 0.6 is 0 Å². The Kier molecular flexibility index (Phi) is 6.58. The molecule has 28 heavy (non-hydrogen) atoms. The number of carbonyl (C=O) groups is 2. The van der Waals surface area contributed by atoms with Gasteiger partial charge in [0.05, 0.1) is 11.7 Å². The molecular weight excluding hydrogens is 350 g/mol. The highest BCUT2D eigenvalue weighted by Crippen LogP contribution is 2.22. The highest BCUT2D eigenvalue weighted by atomic mass is 16.2. The molecule has 146 valence electrons. The molecule has 0 spiro atoms. The fourth-order valence-corrected chi connectivity index (χ4v) is 3.55. The van der Waals surface area contributed by atoms with E-state index in [9.17, 15) is 9.59 Å². The Balaban J connectivity index is 1.67. The van der Waals surface area contributed by atoms with E-state index in [0.29, 0.717) is 32.4 Å². The summed E-state index contributed by atoms with van der Waals surface area (Å²) in [5, 5.41) is 3.20. The Labute approximate surface area is 166 Å². The Morgan fingerprint density at radius 2 is 1.93 bits per heavy atom. The van der Waals surface area contributed by atoms with Crippen molar-refractivity contribution in [2.75, 3.05) is 13.1 Å². The molecule has 0 aliphatic carbocycles. The molecule has 2 heterocycles. The second kappa shape index (κ2) is 9.31. The molecule has 2 amide bonds. The number of nitrogens with zero attached hydrogens (tertiary/aromatic N) is 2. The number of piperidine rings is 1. The van der Waals surface area contributed by atoms with Crippen molar-refractivity contribution >= 4 is 11.8 Å². The first-order valence-corrected chi connectivity index (χ1v) is 9.75. The Bertz CT molecular complexity index is 810. The Morgan fingerprint density at radius 3 is 2.54 bits per heavy atom. The lowest BCUT2D eigenvalue weighted by Crippen LogP contribution is -2.43. The number of amides is 2. The summed E-state index contributed by atoms with van der Waals surface area (Å²) >= 11 is 0. The molecule has 1 aliphatic heterocycles. The molecule has 5 heteroatoms. The van der Waals surface area contributed by atoms with Crippen LogP contribution in [0, 0.1) is 12.8 Å². The predicted molar refractivity (Wildman–Crippen MR) is 110 cm³/mol. The summed E-state index contributed by atoms with van der Waals surface area (Å²) in [7, 11) is 0. The topological polar surface area (TPSA) is 62.3 Å². The number of rotatable bonds is 6. The maximum Gasteiger partial charge on any atom is 0.245 e. The molecule has 0 saturated carbocycles. The molecule has 1 atom stereocenters. The van der Waals surface area contributed by atoms with Crippen molar-refractivity contribution in [1.29, 1.82) is 0 Å². The number of hydrogen-bond acceptors (Lipinski definition) is 3. The number of likely N-dealkylation sites (tertiary alicyclic amines) is 1. The van der Waals surface area contributed by atoms with Gasteiger partial charge in [0.15, 0.2) is 0 Å². The van der Waals surface area contributed by atoms with Gasteiger partial charge in [-0.15, -0.1) is 0 Å². The maximum atomic E-state index is 12.9. The molecule has 1 aromatic heterocycles. The van der Waals surface area contributed by atoms with E-state index in [2.05, 4.69) is 48.1 Å². The average Bonchev–Trinajstić information content (AvgIpc) is 2.75. The molecule has 3 rings (SSSR count). The van der Waals surface area contributed by atoms with E-state index in [1.54, 1.807) is 11.1 Å². The van der Waals surface area contributed by atoms with E-state index in [0.717, 1.165) is 11.3 Å². The van der Waals surface area contributed by atoms with Gasteiger partial charge in [-0.05, 0) is 50.0 Å². The molecule has 5 nitrogen and oxygen atoms in total. The molecule has 1 unspecified atom stereocenters. The number of hydrogen-bond donors (Lipinski definition) is 1. The first-order valence-electron chi connectivity index (χ1n) is 9.75. The van der Waals surface area contributed by atoms with E-state index in [1.807, 2.05) is 18.2 Å². The third-order valence-electron chi connectivity index (χ3n) is 5.27. The molecule has 1 aromatic carbocycles. The number of pyridine rings is 1. The van der Waals surface area contributed by atoms with Crippen LogP contribution in [0.15, 0.2) is 61.3 Å². The summed E-state index contributed by atoms with van der Waals surface area (Å²) in [6.45, 7) is 6.78. The standard InChI is InChI=1S/C23H27N3O2/c1-3-22(27)26-14-11-19(12-15-26)23(28)25-21(20-6-4-5-13-24-20)16-18-9-7-17(2)8-10-18/h3-10,13,19,21H,1,11-12,14-16H2,2H3,(H,25,28). The number of aryl methyl sites for hydroxylation is 1. The summed E-state index contributed by atoms with van der Waals surface area (Å²) in [5.74, 6) is -0.115. The monoisotopic (exact) mass is 377 g/mol. The fourth-order valence-electron chi connectivity index (χ4n) is 3.55. The summed E-state index contributed by atoms with van der Waals surface area (Å²) < 4.78 is 0. The van der Waals surface area contributed by atoms with Crippen molar-refractivity contribution in [2.24, 2.45) is 5.92 Å². The van der Waals surface area contributed by atoms with E-state index in [4.69, 9.17) is 0 Å². The van der Waals surface area contributed by atoms with Crippen LogP contribution in [-0.2, 0) is 16.0 Å². The SMILES string of the molecule is C=CC(=O)N1CCC(C(=O)NC(Cc2ccc(C)cc2)c2ccccn2)CC1. The van der Waals surface area contributed by atoms with E-state index < -0.39 is 0 Å². The van der Waals surface area contributed by atoms with Crippen LogP contribution in [0.25, 0.3) is 0 Å². The third kappa shape index (κ3) is 5.06. The normalized spacial score (nSPS) is 15.7. The summed E-state index contributed by atoms with van der Waals surface area (Å²) in [6, 6.07) is 13.9. The van der Waals surface area contributed by atoms with Gasteiger partial charge in [0, 0.05) is 25.2 Å². The highest BCUT2D eigenvalue weighted by molar-refractivity contribution is 5.87. The average molecular weight is 377 g/mol. The van der Waals surface area contributed by atoms with Gasteiger partial charge in [-0.2, -0.15) is 0 Å². The second-order valence-corrected chi connectivity index (χ2v) is 7.31. The van der Waals surface area contributed by atoms with Crippen molar-refractivity contribution in [3.05, 3.63) is 78.1 Å². The summed E-state index contributed by atoms with van der Waals surface area (Å²) in [6.07, 6.45) is 5.12. The first-order chi connectivity index (χ1) is 13.6. The van der Waals surface area contributed by atoms with Gasteiger partial charge in [-0.25, -0.2) is 0 Å². The van der Waals surface area contributed by atoms with Crippen LogP contribution in [0.5, 0.6) is 0 Å². The van der Waals surface area contributed by atoms with E-state index >= 15 is 0 Å². The minimum atomic E-state index is -0.177. The van der Waals surface area contributed by atoms with Crippen molar-refractivity contribution < 1.29 is 9.59 Å². The van der Waals surface area contributed by atoms with E-state index in [1.165, 1.54) is 11.6 Å². The van der Waals surface area contributed by atoms with Crippen molar-refractivity contribution in [1.82, 2.24) is 15.2 Å². The minimum absolute atomic E-state index is 0.0356. The van der Waals surface area contributed by atoms with Gasteiger partial charge >= 0.3 is 0 Å². The first kappa shape index (κ1) is 19.8. The van der Waals surface area contributed by atoms with E-state index in [-0.39, 0.29) is 23.8 Å². The molecule has 1 aliphatic rings. The maximum absolute atomic E-state index is 12.9. The van der Waals surface area contributed by atoms with Gasteiger partial charge in [0.1, 0.15) is 0 Å². The highest BCUT2D eigenvalue weighted by Gasteiger charge is 2.28. The molecule has 1 N–H and O–H groups in total. The van der Waals surface area contributed by atoms with Crippen LogP contribution in [0.1, 0.15) is 35.7 Å². The number of aromatic nitrogens is 1. The smallest absolute Gasteiger partial charge is 0.245 e. The molecule has 1 fully saturated rings. The van der Waals surface area contributed by atoms with Crippen molar-refractivity contribution in [3.8, 4) is 0 Å². The largest absolute Gasteiger partial charge is 0.347 e. The lowest BCUT2D eigenvalue weighted by molar-refractivity contribution is -0.132. The molecule has 0 bridgehead atoms. The predicted octanol–water partition coefficient (Wildman–Crippen LogP) is 3.21. The zero-order valence-corrected chi connectivity index (χ0v) is 16.3. The van der Waals surface area contributed by atoms with Crippen LogP contribution < -0.4 is 5.32 Å². The fraction of sp³-hybridized carbons (Fsp3) is 0.348. The zero-order valence-electron chi connectivity index (χ0n) is 16.3. The van der Waals surface area contributed by atoms with Gasteiger partial charge in [0.2, 0.25) is 11.8 Å². The lowest BCUT2D eigenvalue weighted by Gasteiger charge is -2.31. The lowest BCUT2D eigenvalue weighted by atomic mass is 9.94. The zero-order chi connectivity index (χ0) is 19.9. The number of benzene rings is 1. The molecule has 0 radical (unpaired) electrons. The summed E-state index contributed by atoms with van der Waals surface area (Å²) in [5.41, 5.74) is 3.23. The quantitative estimate of drug-likeness (QED) is 0.787. The van der Waals surface area contributed by atoms with Gasteiger partial charge in [-0.3, -0.25) is 14.6 Å². The minimum Gasteiger partial charge on any atom is -0.347 e. The van der Waals surface area contributed by atoms with Crippen molar-refractivity contribution in [3.63, 3.8) is 0 Å². The van der Waals surface area contributed by atoms with Gasteiger partial charge in [0.25, 0.3) is 0 Å². The number of nitrogens with one attached hydrogen (secondary N) is 1. The molecule has 2 aromatic rings. The Morgan fingerprint density at radius 1 is 1.21 bits per heavy atom. The summed E-state index contributed by atoms with van der Waals surface area (Å²) in [4.78, 5) is 30.9. The molecule has 1 saturated heterocycles.